The maximum Gasteiger partial charge on any atom is 0.234 e. The Morgan fingerprint density at radius 1 is 1.31 bits per heavy atom. The summed E-state index contributed by atoms with van der Waals surface area (Å²) in [6.07, 6.45) is 3.19. The second-order valence-electron chi connectivity index (χ2n) is 8.62. The highest BCUT2D eigenvalue weighted by molar-refractivity contribution is 8.01. The molecule has 1 aliphatic heterocycles. The minimum Gasteiger partial charge on any atom is -0.497 e. The summed E-state index contributed by atoms with van der Waals surface area (Å²) in [7, 11) is 1.58. The number of allylic oxidation sites excluding steroid dienone is 3. The van der Waals surface area contributed by atoms with Crippen molar-refractivity contribution in [3.63, 3.8) is 0 Å². The molecular formula is C26H22ClN7O3S2. The number of ether oxygens (including phenoxy) is 1. The number of thioether (sulfide) groups is 1. The first-order valence-corrected chi connectivity index (χ1v) is 14.1. The predicted molar refractivity (Wildman–Crippen MR) is 149 cm³/mol. The topological polar surface area (TPSA) is 147 Å². The van der Waals surface area contributed by atoms with Gasteiger partial charge in [-0.15, -0.1) is 10.2 Å². The molecule has 0 bridgehead atoms. The van der Waals surface area contributed by atoms with Gasteiger partial charge in [0.15, 0.2) is 15.3 Å². The molecule has 0 fully saturated rings. The van der Waals surface area contributed by atoms with E-state index in [4.69, 9.17) is 22.1 Å². The van der Waals surface area contributed by atoms with Gasteiger partial charge in [-0.05, 0) is 42.7 Å². The van der Waals surface area contributed by atoms with E-state index < -0.39 is 5.92 Å². The van der Waals surface area contributed by atoms with Crippen molar-refractivity contribution in [1.82, 2.24) is 15.2 Å². The average Bonchev–Trinajstić information content (AvgIpc) is 3.41. The Kier molecular flexibility index (Phi) is 7.83. The second-order valence-corrected chi connectivity index (χ2v) is 11.2. The molecule has 3 aromatic rings. The SMILES string of the molecule is COc1ccc(C2C(C#N)=C(N)N(c3nnc(SCC(=O)Nc4cccnc4Cl)s3)C3=C2C(=O)CCC3)cc1. The van der Waals surface area contributed by atoms with E-state index in [2.05, 4.69) is 26.6 Å². The molecule has 1 unspecified atom stereocenters. The van der Waals surface area contributed by atoms with Gasteiger partial charge in [-0.25, -0.2) is 4.98 Å². The summed E-state index contributed by atoms with van der Waals surface area (Å²) in [5, 5.41) is 22.0. The van der Waals surface area contributed by atoms with Crippen LogP contribution < -0.4 is 20.7 Å². The van der Waals surface area contributed by atoms with Gasteiger partial charge in [0.2, 0.25) is 11.0 Å². The minimum absolute atomic E-state index is 0.0211. The van der Waals surface area contributed by atoms with Crippen LogP contribution >= 0.6 is 34.7 Å². The van der Waals surface area contributed by atoms with E-state index in [1.807, 2.05) is 12.1 Å². The summed E-state index contributed by atoms with van der Waals surface area (Å²) >= 11 is 8.44. The third-order valence-electron chi connectivity index (χ3n) is 6.31. The smallest absolute Gasteiger partial charge is 0.234 e. The number of nitrogens with zero attached hydrogens (tertiary/aromatic N) is 5. The number of amides is 1. The highest BCUT2D eigenvalue weighted by Crippen LogP contribution is 2.47. The Bertz CT molecular complexity index is 1550. The molecule has 0 saturated carbocycles. The lowest BCUT2D eigenvalue weighted by Crippen LogP contribution is -2.38. The number of rotatable bonds is 7. The van der Waals surface area contributed by atoms with Crippen molar-refractivity contribution in [2.24, 2.45) is 5.73 Å². The van der Waals surface area contributed by atoms with Gasteiger partial charge in [-0.2, -0.15) is 5.26 Å². The molecule has 39 heavy (non-hydrogen) atoms. The van der Waals surface area contributed by atoms with Crippen molar-refractivity contribution in [2.45, 2.75) is 29.5 Å². The first kappa shape index (κ1) is 26.7. The molecule has 2 aliphatic rings. The maximum absolute atomic E-state index is 13.3. The third-order valence-corrected chi connectivity index (χ3v) is 8.65. The second kappa shape index (κ2) is 11.4. The number of Topliss-reactive ketones (excluding diaryl/α,β-unsaturated/α-hetero) is 1. The molecule has 5 rings (SSSR count). The molecule has 3 N–H and O–H groups in total. The summed E-state index contributed by atoms with van der Waals surface area (Å²) in [5.74, 6) is 0.0777. The van der Waals surface area contributed by atoms with E-state index in [1.54, 1.807) is 36.3 Å². The average molecular weight is 580 g/mol. The first-order chi connectivity index (χ1) is 18.9. The van der Waals surface area contributed by atoms with Crippen LogP contribution in [0.3, 0.4) is 0 Å². The third kappa shape index (κ3) is 5.34. The number of nitriles is 1. The molecule has 13 heteroatoms. The lowest BCUT2D eigenvalue weighted by molar-refractivity contribution is -0.116. The number of halogens is 1. The quantitative estimate of drug-likeness (QED) is 0.300. The van der Waals surface area contributed by atoms with Crippen LogP contribution in [0, 0.1) is 11.3 Å². The van der Waals surface area contributed by atoms with E-state index in [-0.39, 0.29) is 34.0 Å². The van der Waals surface area contributed by atoms with Gasteiger partial charge in [0, 0.05) is 23.9 Å². The van der Waals surface area contributed by atoms with Crippen molar-refractivity contribution < 1.29 is 14.3 Å². The number of ketones is 1. The van der Waals surface area contributed by atoms with Crippen molar-refractivity contribution in [2.75, 3.05) is 23.1 Å². The number of nitrogens with one attached hydrogen (secondary N) is 1. The zero-order valence-corrected chi connectivity index (χ0v) is 23.1. The molecule has 2 aromatic heterocycles. The molecular weight excluding hydrogens is 558 g/mol. The number of methoxy groups -OCH3 is 1. The van der Waals surface area contributed by atoms with Crippen LogP contribution in [-0.2, 0) is 9.59 Å². The molecule has 1 aromatic carbocycles. The Labute approximate surface area is 237 Å². The van der Waals surface area contributed by atoms with Crippen molar-refractivity contribution in [1.29, 1.82) is 5.26 Å². The lowest BCUT2D eigenvalue weighted by atomic mass is 9.76. The Morgan fingerprint density at radius 2 is 2.10 bits per heavy atom. The molecule has 198 valence electrons. The van der Waals surface area contributed by atoms with Gasteiger partial charge < -0.3 is 15.8 Å². The standard InChI is InChI=1S/C26H22ClN7O3S2/c1-37-15-9-7-14(8-10-15)21-16(12-28)24(29)34(18-5-2-6-19(35)22(18)21)25-32-33-26(39-25)38-13-20(36)31-17-4-3-11-30-23(17)27/h3-4,7-11,21H,2,5-6,13,29H2,1H3,(H,31,36). The van der Waals surface area contributed by atoms with Gasteiger partial charge in [0.25, 0.3) is 0 Å². The van der Waals surface area contributed by atoms with Crippen molar-refractivity contribution in [3.8, 4) is 11.8 Å². The number of anilines is 2. The number of carbonyl (C=O) groups excluding carboxylic acids is 2. The van der Waals surface area contributed by atoms with Crippen LogP contribution in [0.25, 0.3) is 0 Å². The summed E-state index contributed by atoms with van der Waals surface area (Å²) in [5.41, 5.74) is 9.34. The molecule has 0 spiro atoms. The molecule has 1 amide bonds. The van der Waals surface area contributed by atoms with E-state index in [0.717, 1.165) is 11.3 Å². The number of aromatic nitrogens is 3. The van der Waals surface area contributed by atoms with E-state index in [9.17, 15) is 14.9 Å². The minimum atomic E-state index is -0.579. The van der Waals surface area contributed by atoms with Crippen LogP contribution in [0.15, 0.2) is 69.6 Å². The van der Waals surface area contributed by atoms with Crippen LogP contribution in [0.5, 0.6) is 5.75 Å². The normalized spacial score (nSPS) is 17.1. The van der Waals surface area contributed by atoms with Crippen LogP contribution in [0.4, 0.5) is 10.8 Å². The van der Waals surface area contributed by atoms with Gasteiger partial charge >= 0.3 is 0 Å². The number of benzene rings is 1. The van der Waals surface area contributed by atoms with E-state index in [1.165, 1.54) is 29.3 Å². The number of hydrogen-bond acceptors (Lipinski definition) is 11. The van der Waals surface area contributed by atoms with E-state index in [0.29, 0.717) is 45.7 Å². The largest absolute Gasteiger partial charge is 0.497 e. The predicted octanol–water partition coefficient (Wildman–Crippen LogP) is 4.63. The molecule has 3 heterocycles. The fourth-order valence-electron chi connectivity index (χ4n) is 4.58. The van der Waals surface area contributed by atoms with Gasteiger partial charge in [0.1, 0.15) is 11.6 Å². The van der Waals surface area contributed by atoms with Gasteiger partial charge in [-0.1, -0.05) is 46.8 Å². The molecule has 0 saturated heterocycles. The van der Waals surface area contributed by atoms with Crippen molar-refractivity contribution in [3.05, 3.63) is 76.0 Å². The van der Waals surface area contributed by atoms with Gasteiger partial charge in [0.05, 0.1) is 36.1 Å². The molecule has 1 atom stereocenters. The van der Waals surface area contributed by atoms with Crippen LogP contribution in [0.1, 0.15) is 30.7 Å². The summed E-state index contributed by atoms with van der Waals surface area (Å²) in [6, 6.07) is 12.9. The van der Waals surface area contributed by atoms with Crippen LogP contribution in [0.2, 0.25) is 5.15 Å². The van der Waals surface area contributed by atoms with E-state index >= 15 is 0 Å². The maximum atomic E-state index is 13.3. The highest BCUT2D eigenvalue weighted by Gasteiger charge is 2.41. The number of nitrogens with two attached hydrogens (primary N) is 1. The fourth-order valence-corrected chi connectivity index (χ4v) is 6.43. The number of carbonyl (C=O) groups is 2. The number of hydrogen-bond donors (Lipinski definition) is 2. The first-order valence-electron chi connectivity index (χ1n) is 11.9. The Balaban J connectivity index is 1.42. The van der Waals surface area contributed by atoms with Crippen LogP contribution in [-0.4, -0.2) is 39.7 Å². The molecule has 0 radical (unpaired) electrons. The Morgan fingerprint density at radius 3 is 2.82 bits per heavy atom. The Hall–Kier alpha value is -3.92. The fraction of sp³-hybridized carbons (Fsp3) is 0.231. The molecule has 1 aliphatic carbocycles. The zero-order chi connectivity index (χ0) is 27.5. The monoisotopic (exact) mass is 579 g/mol. The summed E-state index contributed by atoms with van der Waals surface area (Å²) in [6.45, 7) is 0. The van der Waals surface area contributed by atoms with Crippen molar-refractivity contribution >= 4 is 57.2 Å². The summed E-state index contributed by atoms with van der Waals surface area (Å²) in [4.78, 5) is 31.3. The lowest BCUT2D eigenvalue weighted by Gasteiger charge is -2.38. The molecule has 10 nitrogen and oxygen atoms in total. The number of pyridine rings is 1. The highest BCUT2D eigenvalue weighted by atomic mass is 35.5. The summed E-state index contributed by atoms with van der Waals surface area (Å²) < 4.78 is 5.80. The van der Waals surface area contributed by atoms with Gasteiger partial charge in [-0.3, -0.25) is 14.5 Å². The zero-order valence-electron chi connectivity index (χ0n) is 20.7.